The molecule has 1 saturated heterocycles. The van der Waals surface area contributed by atoms with Crippen molar-refractivity contribution < 1.29 is 18.0 Å². The molecule has 2 aromatic heterocycles. The maximum absolute atomic E-state index is 13.7. The van der Waals surface area contributed by atoms with Crippen molar-refractivity contribution in [2.45, 2.75) is 0 Å². The molecule has 3 aromatic rings. The predicted molar refractivity (Wildman–Crippen MR) is 84.7 cm³/mol. The van der Waals surface area contributed by atoms with Gasteiger partial charge >= 0.3 is 0 Å². The predicted octanol–water partition coefficient (Wildman–Crippen LogP) is 1.25. The lowest BCUT2D eigenvalue weighted by Crippen LogP contribution is -2.52. The van der Waals surface area contributed by atoms with Crippen LogP contribution in [-0.2, 0) is 11.8 Å². The van der Waals surface area contributed by atoms with Gasteiger partial charge in [-0.1, -0.05) is 5.21 Å². The zero-order valence-corrected chi connectivity index (χ0v) is 13.4. The van der Waals surface area contributed by atoms with Crippen molar-refractivity contribution in [1.29, 1.82) is 0 Å². The van der Waals surface area contributed by atoms with E-state index in [-0.39, 0.29) is 0 Å². The van der Waals surface area contributed by atoms with Gasteiger partial charge in [0.1, 0.15) is 6.33 Å². The molecule has 1 aliphatic rings. The fourth-order valence-electron chi connectivity index (χ4n) is 2.75. The molecule has 0 aliphatic carbocycles. The van der Waals surface area contributed by atoms with Gasteiger partial charge in [0.25, 0.3) is 0 Å². The van der Waals surface area contributed by atoms with E-state index in [1.807, 2.05) is 4.90 Å². The first kappa shape index (κ1) is 16.2. The van der Waals surface area contributed by atoms with Crippen molar-refractivity contribution in [3.05, 3.63) is 35.9 Å². The highest BCUT2D eigenvalue weighted by Gasteiger charge is 2.35. The van der Waals surface area contributed by atoms with Gasteiger partial charge in [0.05, 0.1) is 11.6 Å². The molecule has 3 heterocycles. The summed E-state index contributed by atoms with van der Waals surface area (Å²) >= 11 is 0. The molecule has 1 aliphatic heterocycles. The number of aryl methyl sites for hydroxylation is 1. The Bertz CT molecular complexity index is 1020. The topological polar surface area (TPSA) is 88.8 Å². The Morgan fingerprint density at radius 2 is 1.96 bits per heavy atom. The number of amides is 1. The van der Waals surface area contributed by atoms with Crippen LogP contribution in [-0.4, -0.2) is 44.0 Å². The Morgan fingerprint density at radius 3 is 2.73 bits per heavy atom. The summed E-state index contributed by atoms with van der Waals surface area (Å²) in [6.45, 7) is 0.639. The third-order valence-corrected chi connectivity index (χ3v) is 4.21. The van der Waals surface area contributed by atoms with Crippen molar-refractivity contribution in [2.75, 3.05) is 23.3 Å². The highest BCUT2D eigenvalue weighted by Crippen LogP contribution is 2.28. The Hall–Kier alpha value is -3.24. The molecule has 1 fully saturated rings. The molecule has 1 amide bonds. The summed E-state index contributed by atoms with van der Waals surface area (Å²) in [5, 5.41) is 10.2. The van der Waals surface area contributed by atoms with Crippen LogP contribution in [0.4, 0.5) is 24.7 Å². The summed E-state index contributed by atoms with van der Waals surface area (Å²) in [6, 6.07) is 1.74. The van der Waals surface area contributed by atoms with E-state index in [9.17, 15) is 18.0 Å². The summed E-state index contributed by atoms with van der Waals surface area (Å²) in [5.41, 5.74) is 0.679. The number of anilines is 2. The van der Waals surface area contributed by atoms with Crippen LogP contribution in [0.5, 0.6) is 0 Å². The first-order valence-corrected chi connectivity index (χ1v) is 7.65. The first-order chi connectivity index (χ1) is 12.5. The van der Waals surface area contributed by atoms with E-state index in [1.165, 1.54) is 11.0 Å². The quantitative estimate of drug-likeness (QED) is 0.705. The van der Waals surface area contributed by atoms with Gasteiger partial charge in [-0.15, -0.1) is 5.10 Å². The molecule has 0 bridgehead atoms. The maximum Gasteiger partial charge on any atom is 0.231 e. The van der Waals surface area contributed by atoms with Gasteiger partial charge in [0.15, 0.2) is 34.4 Å². The van der Waals surface area contributed by atoms with Gasteiger partial charge in [-0.2, -0.15) is 0 Å². The highest BCUT2D eigenvalue weighted by atomic mass is 19.2. The molecule has 11 heteroatoms. The number of nitrogens with zero attached hydrogens (tertiary/aromatic N) is 6. The van der Waals surface area contributed by atoms with Gasteiger partial charge in [-0.25, -0.2) is 27.8 Å². The number of fused-ring (bicyclic) bond motifs is 1. The summed E-state index contributed by atoms with van der Waals surface area (Å²) in [4.78, 5) is 22.3. The number of carbonyl (C=O) groups is 1. The highest BCUT2D eigenvalue weighted by molar-refractivity contribution is 5.95. The Balaban J connectivity index is 1.46. The van der Waals surface area contributed by atoms with Crippen molar-refractivity contribution in [3.63, 3.8) is 0 Å². The molecule has 26 heavy (non-hydrogen) atoms. The molecule has 0 spiro atoms. The number of aromatic nitrogens is 5. The Kier molecular flexibility index (Phi) is 3.71. The van der Waals surface area contributed by atoms with Gasteiger partial charge in [0, 0.05) is 20.1 Å². The average molecular weight is 363 g/mol. The van der Waals surface area contributed by atoms with Crippen LogP contribution in [0.2, 0.25) is 0 Å². The van der Waals surface area contributed by atoms with E-state index in [2.05, 4.69) is 25.6 Å². The first-order valence-electron chi connectivity index (χ1n) is 7.65. The van der Waals surface area contributed by atoms with Crippen molar-refractivity contribution >= 4 is 28.6 Å². The second kappa shape index (κ2) is 5.93. The van der Waals surface area contributed by atoms with Crippen LogP contribution in [0.25, 0.3) is 11.2 Å². The average Bonchev–Trinajstić information content (AvgIpc) is 2.96. The molecule has 1 N–H and O–H groups in total. The maximum atomic E-state index is 13.7. The largest absolute Gasteiger partial charge is 0.353 e. The molecule has 0 unspecified atom stereocenters. The van der Waals surface area contributed by atoms with Gasteiger partial charge in [-0.05, 0) is 12.1 Å². The number of halogens is 3. The van der Waals surface area contributed by atoms with Gasteiger partial charge in [-0.3, -0.25) is 4.79 Å². The summed E-state index contributed by atoms with van der Waals surface area (Å²) in [7, 11) is 1.70. The van der Waals surface area contributed by atoms with Crippen LogP contribution in [0.1, 0.15) is 0 Å². The van der Waals surface area contributed by atoms with E-state index in [1.54, 1.807) is 7.05 Å². The Morgan fingerprint density at radius 1 is 1.19 bits per heavy atom. The molecule has 0 radical (unpaired) electrons. The van der Waals surface area contributed by atoms with Crippen LogP contribution in [0, 0.1) is 23.4 Å². The lowest BCUT2D eigenvalue weighted by atomic mass is 9.99. The van der Waals surface area contributed by atoms with Crippen molar-refractivity contribution in [2.24, 2.45) is 13.0 Å². The number of carbonyl (C=O) groups excluding carboxylic acids is 1. The smallest absolute Gasteiger partial charge is 0.231 e. The molecule has 0 atom stereocenters. The van der Waals surface area contributed by atoms with Crippen LogP contribution < -0.4 is 10.2 Å². The van der Waals surface area contributed by atoms with Crippen LogP contribution >= 0.6 is 0 Å². The molecule has 134 valence electrons. The standard InChI is InChI=1S/C15H12F3N7O/c1-24-13-12(22-23-24)14(20-6-19-13)25-4-7(5-25)15(26)21-9-3-2-8(16)10(17)11(9)18/h2-3,6-7H,4-5H2,1H3,(H,21,26). The Labute approximate surface area is 144 Å². The van der Waals surface area contributed by atoms with E-state index < -0.39 is 35.0 Å². The van der Waals surface area contributed by atoms with Crippen molar-refractivity contribution in [1.82, 2.24) is 25.0 Å². The fraction of sp³-hybridized carbons (Fsp3) is 0.267. The fourth-order valence-corrected chi connectivity index (χ4v) is 2.75. The zero-order chi connectivity index (χ0) is 18.4. The van der Waals surface area contributed by atoms with E-state index in [4.69, 9.17) is 0 Å². The number of benzene rings is 1. The van der Waals surface area contributed by atoms with Gasteiger partial charge < -0.3 is 10.2 Å². The van der Waals surface area contributed by atoms with Crippen LogP contribution in [0.15, 0.2) is 18.5 Å². The second-order valence-corrected chi connectivity index (χ2v) is 5.90. The lowest BCUT2D eigenvalue weighted by Gasteiger charge is -2.38. The van der Waals surface area contributed by atoms with Crippen molar-refractivity contribution in [3.8, 4) is 0 Å². The van der Waals surface area contributed by atoms with E-state index in [0.717, 1.165) is 12.1 Å². The summed E-state index contributed by atoms with van der Waals surface area (Å²) in [5.74, 6) is -4.76. The molecule has 8 nitrogen and oxygen atoms in total. The summed E-state index contributed by atoms with van der Waals surface area (Å²) < 4.78 is 41.3. The monoisotopic (exact) mass is 363 g/mol. The molecule has 4 rings (SSSR count). The lowest BCUT2D eigenvalue weighted by molar-refractivity contribution is -0.120. The van der Waals surface area contributed by atoms with E-state index in [0.29, 0.717) is 30.1 Å². The third kappa shape index (κ3) is 2.52. The number of rotatable bonds is 3. The normalized spacial score (nSPS) is 14.5. The number of hydrogen-bond donors (Lipinski definition) is 1. The molecular formula is C15H12F3N7O. The third-order valence-electron chi connectivity index (χ3n) is 4.21. The summed E-state index contributed by atoms with van der Waals surface area (Å²) in [6.07, 6.45) is 1.38. The second-order valence-electron chi connectivity index (χ2n) is 5.90. The molecular weight excluding hydrogens is 351 g/mol. The van der Waals surface area contributed by atoms with Gasteiger partial charge in [0.2, 0.25) is 5.91 Å². The zero-order valence-electron chi connectivity index (χ0n) is 13.4. The minimum atomic E-state index is -1.62. The molecule has 1 aromatic carbocycles. The van der Waals surface area contributed by atoms with E-state index >= 15 is 0 Å². The number of nitrogens with one attached hydrogen (secondary N) is 1. The minimum absolute atomic E-state index is 0.319. The SMILES string of the molecule is Cn1nnc2c(N3CC(C(=O)Nc4ccc(F)c(F)c4F)C3)ncnc21. The number of hydrogen-bond acceptors (Lipinski definition) is 6. The molecule has 0 saturated carbocycles. The van der Waals surface area contributed by atoms with Crippen LogP contribution in [0.3, 0.4) is 0 Å². The minimum Gasteiger partial charge on any atom is -0.353 e.